The Kier molecular flexibility index (Phi) is 6.07. The van der Waals surface area contributed by atoms with Gasteiger partial charge in [-0.25, -0.2) is 0 Å². The van der Waals surface area contributed by atoms with E-state index in [1.54, 1.807) is 0 Å². The lowest BCUT2D eigenvalue weighted by atomic mass is 10.2. The quantitative estimate of drug-likeness (QED) is 0.362. The van der Waals surface area contributed by atoms with Crippen molar-refractivity contribution in [2.45, 2.75) is 19.4 Å². The molecule has 0 rings (SSSR count). The minimum absolute atomic E-state index is 0.111. The van der Waals surface area contributed by atoms with E-state index in [2.05, 4.69) is 5.32 Å². The molecular weight excluding hydrogens is 166 g/mol. The minimum Gasteiger partial charge on any atom is -0.302 e. The van der Waals surface area contributed by atoms with E-state index >= 15 is 0 Å². The summed E-state index contributed by atoms with van der Waals surface area (Å²) < 4.78 is 0. The van der Waals surface area contributed by atoms with Crippen LogP contribution in [0.25, 0.3) is 0 Å². The van der Waals surface area contributed by atoms with Crippen molar-refractivity contribution < 1.29 is 9.59 Å². The highest BCUT2D eigenvalue weighted by Gasteiger charge is 2.14. The van der Waals surface area contributed by atoms with E-state index in [-0.39, 0.29) is 11.7 Å². The molecule has 0 spiro atoms. The fraction of sp³-hybridized carbons (Fsp3) is 0.714. The fourth-order valence-corrected chi connectivity index (χ4v) is 0.787. The molecule has 0 aromatic heterocycles. The van der Waals surface area contributed by atoms with Crippen LogP contribution in [0.3, 0.4) is 0 Å². The highest BCUT2D eigenvalue weighted by Crippen LogP contribution is 1.86. The van der Waals surface area contributed by atoms with Crippen molar-refractivity contribution >= 4 is 23.7 Å². The first-order valence-corrected chi connectivity index (χ1v) is 4.07. The first-order valence-electron chi connectivity index (χ1n) is 3.53. The van der Waals surface area contributed by atoms with Crippen LogP contribution in [0.1, 0.15) is 13.3 Å². The van der Waals surface area contributed by atoms with Gasteiger partial charge in [-0.3, -0.25) is 4.79 Å². The summed E-state index contributed by atoms with van der Waals surface area (Å²) in [7, 11) is 0. The third kappa shape index (κ3) is 4.11. The molecule has 0 fully saturated rings. The standard InChI is InChI=1S/C7H12ClNO2/c1-2-3-9-6(5-10)7(11)4-8/h5-6,9H,2-4H2,1H3. The Balaban J connectivity index is 3.74. The van der Waals surface area contributed by atoms with Crippen LogP contribution in [0.5, 0.6) is 0 Å². The van der Waals surface area contributed by atoms with Crippen molar-refractivity contribution in [3.05, 3.63) is 0 Å². The molecule has 1 atom stereocenters. The van der Waals surface area contributed by atoms with Gasteiger partial charge in [0.1, 0.15) is 12.3 Å². The summed E-state index contributed by atoms with van der Waals surface area (Å²) in [6, 6.07) is -0.715. The zero-order chi connectivity index (χ0) is 8.69. The lowest BCUT2D eigenvalue weighted by Crippen LogP contribution is -2.39. The molecule has 0 saturated carbocycles. The minimum atomic E-state index is -0.715. The lowest BCUT2D eigenvalue weighted by Gasteiger charge is -2.07. The van der Waals surface area contributed by atoms with E-state index < -0.39 is 6.04 Å². The number of nitrogens with one attached hydrogen (secondary N) is 1. The zero-order valence-electron chi connectivity index (χ0n) is 6.47. The molecule has 1 N–H and O–H groups in total. The Morgan fingerprint density at radius 1 is 1.73 bits per heavy atom. The summed E-state index contributed by atoms with van der Waals surface area (Å²) >= 11 is 5.26. The SMILES string of the molecule is CCCNC(C=O)C(=O)CCl. The number of hydrogen-bond donors (Lipinski definition) is 1. The molecule has 0 bridgehead atoms. The van der Waals surface area contributed by atoms with E-state index in [9.17, 15) is 9.59 Å². The van der Waals surface area contributed by atoms with Crippen LogP contribution < -0.4 is 5.32 Å². The largest absolute Gasteiger partial charge is 0.302 e. The topological polar surface area (TPSA) is 46.2 Å². The van der Waals surface area contributed by atoms with Crippen LogP contribution in [-0.2, 0) is 9.59 Å². The summed E-state index contributed by atoms with van der Waals surface area (Å²) in [4.78, 5) is 21.1. The Morgan fingerprint density at radius 2 is 2.36 bits per heavy atom. The number of carbonyl (C=O) groups is 2. The first kappa shape index (κ1) is 10.6. The van der Waals surface area contributed by atoms with E-state index in [4.69, 9.17) is 11.6 Å². The second kappa shape index (κ2) is 6.31. The summed E-state index contributed by atoms with van der Waals surface area (Å²) in [6.45, 7) is 2.62. The molecule has 4 heteroatoms. The molecule has 0 aliphatic heterocycles. The number of carbonyl (C=O) groups excluding carboxylic acids is 2. The number of aldehydes is 1. The van der Waals surface area contributed by atoms with Crippen molar-refractivity contribution in [3.63, 3.8) is 0 Å². The molecule has 0 saturated heterocycles. The van der Waals surface area contributed by atoms with Crippen LogP contribution >= 0.6 is 11.6 Å². The molecule has 0 aliphatic rings. The predicted octanol–water partition coefficient (Wildman–Crippen LogP) is 0.361. The van der Waals surface area contributed by atoms with Crippen molar-refractivity contribution in [2.24, 2.45) is 0 Å². The summed E-state index contributed by atoms with van der Waals surface area (Å²) in [5.74, 6) is -0.379. The maximum atomic E-state index is 10.8. The normalized spacial score (nSPS) is 12.5. The Hall–Kier alpha value is -0.410. The first-order chi connectivity index (χ1) is 5.26. The fourth-order valence-electron chi connectivity index (χ4n) is 0.621. The summed E-state index contributed by atoms with van der Waals surface area (Å²) in [5, 5.41) is 2.77. The number of hydrogen-bond acceptors (Lipinski definition) is 3. The van der Waals surface area contributed by atoms with Gasteiger partial charge in [0.05, 0.1) is 5.88 Å². The molecule has 64 valence electrons. The van der Waals surface area contributed by atoms with E-state index in [0.29, 0.717) is 12.8 Å². The van der Waals surface area contributed by atoms with Gasteiger partial charge in [0.25, 0.3) is 0 Å². The average molecular weight is 178 g/mol. The molecule has 0 amide bonds. The number of Topliss-reactive ketones (excluding diaryl/α,β-unsaturated/α-hetero) is 1. The molecule has 3 nitrogen and oxygen atoms in total. The van der Waals surface area contributed by atoms with Gasteiger partial charge >= 0.3 is 0 Å². The predicted molar refractivity (Wildman–Crippen MR) is 43.9 cm³/mol. The molecule has 1 unspecified atom stereocenters. The van der Waals surface area contributed by atoms with Gasteiger partial charge in [-0.15, -0.1) is 11.6 Å². The molecule has 0 heterocycles. The number of alkyl halides is 1. The molecule has 0 radical (unpaired) electrons. The smallest absolute Gasteiger partial charge is 0.171 e. The van der Waals surface area contributed by atoms with Gasteiger partial charge in [0, 0.05) is 0 Å². The van der Waals surface area contributed by atoms with Crippen LogP contribution in [0, 0.1) is 0 Å². The third-order valence-corrected chi connectivity index (χ3v) is 1.49. The van der Waals surface area contributed by atoms with Gasteiger partial charge in [-0.2, -0.15) is 0 Å². The van der Waals surface area contributed by atoms with Crippen LogP contribution in [0.2, 0.25) is 0 Å². The van der Waals surface area contributed by atoms with Gasteiger partial charge < -0.3 is 10.1 Å². The average Bonchev–Trinajstić information content (AvgIpc) is 2.05. The van der Waals surface area contributed by atoms with Crippen molar-refractivity contribution in [3.8, 4) is 0 Å². The van der Waals surface area contributed by atoms with E-state index in [0.717, 1.165) is 6.42 Å². The summed E-state index contributed by atoms with van der Waals surface area (Å²) in [5.41, 5.74) is 0. The molecule has 11 heavy (non-hydrogen) atoms. The second-order valence-corrected chi connectivity index (χ2v) is 2.44. The van der Waals surface area contributed by atoms with Crippen molar-refractivity contribution in [1.82, 2.24) is 5.32 Å². The Labute approximate surface area is 71.1 Å². The molecule has 0 aliphatic carbocycles. The van der Waals surface area contributed by atoms with E-state index in [1.807, 2.05) is 6.92 Å². The number of rotatable bonds is 6. The van der Waals surface area contributed by atoms with Crippen LogP contribution in [0.15, 0.2) is 0 Å². The van der Waals surface area contributed by atoms with Crippen LogP contribution in [0.4, 0.5) is 0 Å². The highest BCUT2D eigenvalue weighted by molar-refractivity contribution is 6.29. The Morgan fingerprint density at radius 3 is 2.73 bits per heavy atom. The monoisotopic (exact) mass is 177 g/mol. The lowest BCUT2D eigenvalue weighted by molar-refractivity contribution is -0.123. The summed E-state index contributed by atoms with van der Waals surface area (Å²) in [6.07, 6.45) is 1.47. The number of ketones is 1. The maximum Gasteiger partial charge on any atom is 0.171 e. The van der Waals surface area contributed by atoms with Crippen molar-refractivity contribution in [1.29, 1.82) is 0 Å². The van der Waals surface area contributed by atoms with Gasteiger partial charge in [-0.05, 0) is 13.0 Å². The zero-order valence-corrected chi connectivity index (χ0v) is 7.23. The van der Waals surface area contributed by atoms with Crippen LogP contribution in [-0.4, -0.2) is 30.5 Å². The molecular formula is C7H12ClNO2. The number of halogens is 1. The Bertz CT molecular complexity index is 138. The van der Waals surface area contributed by atoms with E-state index in [1.165, 1.54) is 0 Å². The molecule has 0 aromatic rings. The highest BCUT2D eigenvalue weighted by atomic mass is 35.5. The van der Waals surface area contributed by atoms with Gasteiger partial charge in [0.15, 0.2) is 5.78 Å². The third-order valence-electron chi connectivity index (χ3n) is 1.23. The second-order valence-electron chi connectivity index (χ2n) is 2.17. The van der Waals surface area contributed by atoms with Gasteiger partial charge in [-0.1, -0.05) is 6.92 Å². The molecule has 0 aromatic carbocycles. The van der Waals surface area contributed by atoms with Gasteiger partial charge in [0.2, 0.25) is 0 Å². The van der Waals surface area contributed by atoms with Crippen molar-refractivity contribution in [2.75, 3.05) is 12.4 Å². The maximum absolute atomic E-state index is 10.8.